The topological polar surface area (TPSA) is 63.2 Å². The first-order valence-corrected chi connectivity index (χ1v) is 8.11. The Kier molecular flexibility index (Phi) is 5.31. The van der Waals surface area contributed by atoms with Gasteiger partial charge in [-0.15, -0.1) is 0 Å². The van der Waals surface area contributed by atoms with Gasteiger partial charge in [-0.2, -0.15) is 0 Å². The minimum Gasteiger partial charge on any atom is -0.352 e. The molecule has 0 aliphatic carbocycles. The minimum atomic E-state index is -4.01. The van der Waals surface area contributed by atoms with Crippen molar-refractivity contribution in [1.82, 2.24) is 5.32 Å². The summed E-state index contributed by atoms with van der Waals surface area (Å²) in [7, 11) is 1.23. The first-order chi connectivity index (χ1) is 8.77. The fourth-order valence-corrected chi connectivity index (χ4v) is 2.76. The maximum Gasteiger partial charge on any atom is 0.261 e. The molecule has 0 heterocycles. The van der Waals surface area contributed by atoms with Crippen LogP contribution in [0, 0.1) is 12.7 Å². The highest BCUT2D eigenvalue weighted by Crippen LogP contribution is 2.23. The van der Waals surface area contributed by atoms with Gasteiger partial charge in [-0.25, -0.2) is 12.8 Å². The standard InChI is InChI=1S/C12H15ClFNO3S/c1-3-4-5-15-12(16)9-7-11(19(13,17)18)8(2)6-10(9)14/h6-7H,3-5H2,1-2H3,(H,15,16). The molecule has 106 valence electrons. The average molecular weight is 308 g/mol. The largest absolute Gasteiger partial charge is 0.352 e. The van der Waals surface area contributed by atoms with E-state index in [9.17, 15) is 17.6 Å². The summed E-state index contributed by atoms with van der Waals surface area (Å²) in [6.07, 6.45) is 1.65. The second-order valence-corrected chi connectivity index (χ2v) is 6.68. The zero-order valence-electron chi connectivity index (χ0n) is 10.7. The smallest absolute Gasteiger partial charge is 0.261 e. The molecule has 0 bridgehead atoms. The van der Waals surface area contributed by atoms with Crippen LogP contribution in [-0.2, 0) is 9.05 Å². The van der Waals surface area contributed by atoms with Gasteiger partial charge in [0.05, 0.1) is 10.5 Å². The summed E-state index contributed by atoms with van der Waals surface area (Å²) < 4.78 is 36.3. The van der Waals surface area contributed by atoms with Gasteiger partial charge in [0.1, 0.15) is 5.82 Å². The zero-order valence-corrected chi connectivity index (χ0v) is 12.2. The van der Waals surface area contributed by atoms with Crippen molar-refractivity contribution in [2.45, 2.75) is 31.6 Å². The van der Waals surface area contributed by atoms with Gasteiger partial charge in [0.25, 0.3) is 15.0 Å². The predicted octanol–water partition coefficient (Wildman–Crippen LogP) is 2.59. The van der Waals surface area contributed by atoms with Crippen LogP contribution < -0.4 is 5.32 Å². The number of hydrogen-bond donors (Lipinski definition) is 1. The van der Waals surface area contributed by atoms with Crippen molar-refractivity contribution in [2.75, 3.05) is 6.54 Å². The molecule has 1 aromatic carbocycles. The van der Waals surface area contributed by atoms with Gasteiger partial charge in [0.15, 0.2) is 0 Å². The van der Waals surface area contributed by atoms with Gasteiger partial charge in [0, 0.05) is 17.2 Å². The van der Waals surface area contributed by atoms with Crippen molar-refractivity contribution >= 4 is 25.6 Å². The number of benzene rings is 1. The zero-order chi connectivity index (χ0) is 14.6. The second kappa shape index (κ2) is 6.34. The SMILES string of the molecule is CCCCNC(=O)c1cc(S(=O)(=O)Cl)c(C)cc1F. The number of unbranched alkanes of at least 4 members (excludes halogenated alkanes) is 1. The first-order valence-electron chi connectivity index (χ1n) is 5.80. The third kappa shape index (κ3) is 4.18. The third-order valence-electron chi connectivity index (χ3n) is 2.59. The number of carbonyl (C=O) groups is 1. The van der Waals surface area contributed by atoms with Gasteiger partial charge in [-0.05, 0) is 31.0 Å². The Hall–Kier alpha value is -1.14. The molecule has 0 unspecified atom stereocenters. The van der Waals surface area contributed by atoms with E-state index in [4.69, 9.17) is 10.7 Å². The molecule has 19 heavy (non-hydrogen) atoms. The van der Waals surface area contributed by atoms with E-state index in [0.717, 1.165) is 25.0 Å². The predicted molar refractivity (Wildman–Crippen MR) is 71.4 cm³/mol. The molecule has 0 spiro atoms. The monoisotopic (exact) mass is 307 g/mol. The summed E-state index contributed by atoms with van der Waals surface area (Å²) in [4.78, 5) is 11.5. The van der Waals surface area contributed by atoms with Crippen LogP contribution in [0.5, 0.6) is 0 Å². The van der Waals surface area contributed by atoms with Gasteiger partial charge in [-0.1, -0.05) is 13.3 Å². The Bertz CT molecular complexity index is 587. The molecule has 1 amide bonds. The van der Waals surface area contributed by atoms with Crippen LogP contribution in [-0.4, -0.2) is 20.9 Å². The lowest BCUT2D eigenvalue weighted by Crippen LogP contribution is -2.25. The molecule has 0 aliphatic rings. The molecule has 0 fully saturated rings. The first kappa shape index (κ1) is 15.9. The van der Waals surface area contributed by atoms with Gasteiger partial charge in [-0.3, -0.25) is 4.79 Å². The summed E-state index contributed by atoms with van der Waals surface area (Å²) in [5.74, 6) is -1.41. The number of carbonyl (C=O) groups excluding carboxylic acids is 1. The van der Waals surface area contributed by atoms with E-state index < -0.39 is 20.8 Å². The van der Waals surface area contributed by atoms with Crippen molar-refractivity contribution in [3.63, 3.8) is 0 Å². The van der Waals surface area contributed by atoms with Crippen molar-refractivity contribution < 1.29 is 17.6 Å². The molecule has 1 N–H and O–H groups in total. The Labute approximate surface area is 116 Å². The fraction of sp³-hybridized carbons (Fsp3) is 0.417. The molecule has 0 saturated heterocycles. The Morgan fingerprint density at radius 2 is 2.05 bits per heavy atom. The van der Waals surface area contributed by atoms with Crippen LogP contribution in [0.2, 0.25) is 0 Å². The fourth-order valence-electron chi connectivity index (χ4n) is 1.56. The highest BCUT2D eigenvalue weighted by Gasteiger charge is 2.20. The number of aryl methyl sites for hydroxylation is 1. The van der Waals surface area contributed by atoms with Crippen LogP contribution in [0.15, 0.2) is 17.0 Å². The molecule has 0 radical (unpaired) electrons. The lowest BCUT2D eigenvalue weighted by atomic mass is 10.1. The Morgan fingerprint density at radius 1 is 1.42 bits per heavy atom. The van der Waals surface area contributed by atoms with Crippen molar-refractivity contribution in [3.8, 4) is 0 Å². The molecule has 0 aliphatic heterocycles. The highest BCUT2D eigenvalue weighted by molar-refractivity contribution is 8.13. The minimum absolute atomic E-state index is 0.164. The molecule has 0 saturated carbocycles. The van der Waals surface area contributed by atoms with Crippen LogP contribution in [0.25, 0.3) is 0 Å². The molecular weight excluding hydrogens is 293 g/mol. The van der Waals surface area contributed by atoms with E-state index in [2.05, 4.69) is 5.32 Å². The number of rotatable bonds is 5. The van der Waals surface area contributed by atoms with Crippen molar-refractivity contribution in [3.05, 3.63) is 29.1 Å². The summed E-state index contributed by atoms with van der Waals surface area (Å²) in [5, 5.41) is 2.52. The number of amides is 1. The van der Waals surface area contributed by atoms with Crippen LogP contribution in [0.4, 0.5) is 4.39 Å². The second-order valence-electron chi connectivity index (χ2n) is 4.14. The van der Waals surface area contributed by atoms with Crippen LogP contribution >= 0.6 is 10.7 Å². The van der Waals surface area contributed by atoms with Gasteiger partial charge in [0.2, 0.25) is 0 Å². The van der Waals surface area contributed by atoms with Crippen LogP contribution in [0.3, 0.4) is 0 Å². The van der Waals surface area contributed by atoms with E-state index >= 15 is 0 Å². The Balaban J connectivity index is 3.11. The summed E-state index contributed by atoms with van der Waals surface area (Å²) >= 11 is 0. The van der Waals surface area contributed by atoms with E-state index in [1.54, 1.807) is 0 Å². The lowest BCUT2D eigenvalue weighted by Gasteiger charge is -2.08. The van der Waals surface area contributed by atoms with Crippen molar-refractivity contribution in [1.29, 1.82) is 0 Å². The lowest BCUT2D eigenvalue weighted by molar-refractivity contribution is 0.0949. The third-order valence-corrected chi connectivity index (χ3v) is 4.05. The van der Waals surface area contributed by atoms with Gasteiger partial charge < -0.3 is 5.32 Å². The summed E-state index contributed by atoms with van der Waals surface area (Å²) in [6, 6.07) is 1.96. The normalized spacial score (nSPS) is 11.4. The van der Waals surface area contributed by atoms with Crippen LogP contribution in [0.1, 0.15) is 35.7 Å². The molecule has 0 atom stereocenters. The molecule has 0 aromatic heterocycles. The Morgan fingerprint density at radius 3 is 2.58 bits per heavy atom. The molecule has 7 heteroatoms. The molecule has 4 nitrogen and oxygen atoms in total. The maximum absolute atomic E-state index is 13.7. The molecule has 1 aromatic rings. The van der Waals surface area contributed by atoms with E-state index in [1.165, 1.54) is 6.92 Å². The summed E-state index contributed by atoms with van der Waals surface area (Å²) in [5.41, 5.74) is -0.154. The van der Waals surface area contributed by atoms with E-state index in [0.29, 0.717) is 6.54 Å². The number of nitrogens with one attached hydrogen (secondary N) is 1. The van der Waals surface area contributed by atoms with E-state index in [-0.39, 0.29) is 16.0 Å². The highest BCUT2D eigenvalue weighted by atomic mass is 35.7. The van der Waals surface area contributed by atoms with Crippen molar-refractivity contribution in [2.24, 2.45) is 0 Å². The number of halogens is 2. The van der Waals surface area contributed by atoms with Gasteiger partial charge >= 0.3 is 0 Å². The summed E-state index contributed by atoms with van der Waals surface area (Å²) in [6.45, 7) is 3.78. The average Bonchev–Trinajstić information content (AvgIpc) is 2.27. The number of hydrogen-bond acceptors (Lipinski definition) is 3. The quantitative estimate of drug-likeness (QED) is 0.672. The molecule has 1 rings (SSSR count). The maximum atomic E-state index is 13.7. The van der Waals surface area contributed by atoms with E-state index in [1.807, 2.05) is 6.92 Å². The molecular formula is C12H15ClFNO3S.